The van der Waals surface area contributed by atoms with Gasteiger partial charge in [0.1, 0.15) is 6.61 Å². The normalized spacial score (nSPS) is 8.15. The molecule has 13 heavy (non-hydrogen) atoms. The fourth-order valence-electron chi connectivity index (χ4n) is 0.932. The molecule has 1 rings (SSSR count). The van der Waals surface area contributed by atoms with E-state index in [1.54, 1.807) is 0 Å². The molecule has 0 saturated heterocycles. The number of hydrogen-bond acceptors (Lipinski definition) is 2. The summed E-state index contributed by atoms with van der Waals surface area (Å²) >= 11 is 0. The van der Waals surface area contributed by atoms with E-state index in [-0.39, 0.29) is 6.61 Å². The third kappa shape index (κ3) is 5.89. The molecule has 0 aromatic heterocycles. The molecule has 0 atom stereocenters. The molecule has 0 unspecified atom stereocenters. The van der Waals surface area contributed by atoms with E-state index in [9.17, 15) is 0 Å². The first-order chi connectivity index (χ1) is 6.24. The average molecular weight is 177 g/mol. The van der Waals surface area contributed by atoms with Crippen molar-refractivity contribution < 1.29 is 5.11 Å². The van der Waals surface area contributed by atoms with Crippen LogP contribution >= 0.6 is 0 Å². The van der Waals surface area contributed by atoms with Crippen molar-refractivity contribution in [3.63, 3.8) is 0 Å². The number of nitrogens with zero attached hydrogens (tertiary/aromatic N) is 1. The molecule has 0 bridgehead atoms. The molecule has 2 nitrogen and oxygen atoms in total. The van der Waals surface area contributed by atoms with Crippen LogP contribution in [0.1, 0.15) is 18.1 Å². The maximum absolute atomic E-state index is 7.51. The standard InChI is InChI=1S/C9H12.C2H3NO/c1-3-9-6-4-5-8(2)7-9;3-1-2-4/h4-7H,3H2,1-2H3;4H,2H2. The minimum atomic E-state index is -0.375. The number of hydrogen-bond donors (Lipinski definition) is 1. The monoisotopic (exact) mass is 177 g/mol. The lowest BCUT2D eigenvalue weighted by Crippen LogP contribution is -1.78. The Labute approximate surface area is 79.4 Å². The van der Waals surface area contributed by atoms with Crippen molar-refractivity contribution in [3.05, 3.63) is 35.4 Å². The number of rotatable bonds is 1. The number of aliphatic hydroxyl groups is 1. The molecule has 0 amide bonds. The van der Waals surface area contributed by atoms with Gasteiger partial charge in [-0.15, -0.1) is 0 Å². The molecule has 0 radical (unpaired) electrons. The van der Waals surface area contributed by atoms with E-state index in [4.69, 9.17) is 10.4 Å². The summed E-state index contributed by atoms with van der Waals surface area (Å²) in [5, 5.41) is 14.9. The number of aryl methyl sites for hydroxylation is 2. The van der Waals surface area contributed by atoms with E-state index in [0.29, 0.717) is 0 Å². The van der Waals surface area contributed by atoms with E-state index < -0.39 is 0 Å². The maximum atomic E-state index is 7.51. The topological polar surface area (TPSA) is 44.0 Å². The van der Waals surface area contributed by atoms with Gasteiger partial charge in [-0.1, -0.05) is 36.8 Å². The lowest BCUT2D eigenvalue weighted by molar-refractivity contribution is 0.348. The van der Waals surface area contributed by atoms with Crippen molar-refractivity contribution in [3.8, 4) is 6.07 Å². The predicted molar refractivity (Wildman–Crippen MR) is 53.3 cm³/mol. The van der Waals surface area contributed by atoms with Crippen molar-refractivity contribution >= 4 is 0 Å². The summed E-state index contributed by atoms with van der Waals surface area (Å²) in [7, 11) is 0. The van der Waals surface area contributed by atoms with Crippen LogP contribution in [0.5, 0.6) is 0 Å². The molecule has 1 aromatic carbocycles. The highest BCUT2D eigenvalue weighted by molar-refractivity contribution is 5.21. The Balaban J connectivity index is 0.000000310. The van der Waals surface area contributed by atoms with Gasteiger partial charge in [-0.05, 0) is 18.9 Å². The van der Waals surface area contributed by atoms with Crippen LogP contribution in [0.25, 0.3) is 0 Å². The zero-order valence-electron chi connectivity index (χ0n) is 8.12. The van der Waals surface area contributed by atoms with Crippen molar-refractivity contribution in [1.29, 1.82) is 5.26 Å². The van der Waals surface area contributed by atoms with Crippen LogP contribution in [-0.2, 0) is 6.42 Å². The molecule has 1 N–H and O–H groups in total. The molecule has 0 aliphatic rings. The van der Waals surface area contributed by atoms with Crippen molar-refractivity contribution in [2.75, 3.05) is 6.61 Å². The van der Waals surface area contributed by atoms with Crippen molar-refractivity contribution in [2.24, 2.45) is 0 Å². The highest BCUT2D eigenvalue weighted by atomic mass is 16.2. The minimum absolute atomic E-state index is 0.375. The molecule has 0 aliphatic carbocycles. The second kappa shape index (κ2) is 7.33. The van der Waals surface area contributed by atoms with Crippen LogP contribution in [0.4, 0.5) is 0 Å². The molecule has 0 saturated carbocycles. The third-order valence-corrected chi connectivity index (χ3v) is 1.56. The van der Waals surface area contributed by atoms with Crippen LogP contribution in [0, 0.1) is 18.3 Å². The van der Waals surface area contributed by atoms with Crippen LogP contribution in [0.2, 0.25) is 0 Å². The molecule has 0 heterocycles. The summed E-state index contributed by atoms with van der Waals surface area (Å²) in [5.74, 6) is 0. The highest BCUT2D eigenvalue weighted by Gasteiger charge is 1.85. The highest BCUT2D eigenvalue weighted by Crippen LogP contribution is 2.03. The van der Waals surface area contributed by atoms with Gasteiger partial charge in [0.05, 0.1) is 6.07 Å². The summed E-state index contributed by atoms with van der Waals surface area (Å²) in [6.45, 7) is 3.92. The van der Waals surface area contributed by atoms with E-state index in [1.807, 2.05) is 0 Å². The summed E-state index contributed by atoms with van der Waals surface area (Å²) in [5.41, 5.74) is 2.78. The first kappa shape index (κ1) is 11.7. The Bertz CT molecular complexity index is 276. The zero-order chi connectivity index (χ0) is 10.1. The fourth-order valence-corrected chi connectivity index (χ4v) is 0.932. The molecule has 0 spiro atoms. The third-order valence-electron chi connectivity index (χ3n) is 1.56. The second-order valence-corrected chi connectivity index (χ2v) is 2.66. The lowest BCUT2D eigenvalue weighted by Gasteiger charge is -1.95. The largest absolute Gasteiger partial charge is 0.381 e. The summed E-state index contributed by atoms with van der Waals surface area (Å²) < 4.78 is 0. The molecular formula is C11H15NO. The Morgan fingerprint density at radius 1 is 1.46 bits per heavy atom. The van der Waals surface area contributed by atoms with Gasteiger partial charge in [-0.3, -0.25) is 0 Å². The van der Waals surface area contributed by atoms with E-state index in [2.05, 4.69) is 38.1 Å². The fraction of sp³-hybridized carbons (Fsp3) is 0.364. The Morgan fingerprint density at radius 2 is 2.08 bits per heavy atom. The van der Waals surface area contributed by atoms with E-state index in [1.165, 1.54) is 17.2 Å². The minimum Gasteiger partial charge on any atom is -0.381 e. The van der Waals surface area contributed by atoms with Gasteiger partial charge in [0.2, 0.25) is 0 Å². The molecular weight excluding hydrogens is 162 g/mol. The Hall–Kier alpha value is -1.33. The maximum Gasteiger partial charge on any atom is 0.130 e. The van der Waals surface area contributed by atoms with Gasteiger partial charge in [0.15, 0.2) is 0 Å². The summed E-state index contributed by atoms with van der Waals surface area (Å²) in [4.78, 5) is 0. The zero-order valence-corrected chi connectivity index (χ0v) is 8.12. The lowest BCUT2D eigenvalue weighted by atomic mass is 10.1. The Morgan fingerprint density at radius 3 is 2.38 bits per heavy atom. The molecule has 70 valence electrons. The molecule has 2 heteroatoms. The SMILES string of the molecule is CCc1cccc(C)c1.N#CCO. The summed E-state index contributed by atoms with van der Waals surface area (Å²) in [6.07, 6.45) is 1.14. The van der Waals surface area contributed by atoms with Crippen LogP contribution in [0.3, 0.4) is 0 Å². The number of benzene rings is 1. The van der Waals surface area contributed by atoms with Gasteiger partial charge >= 0.3 is 0 Å². The van der Waals surface area contributed by atoms with Crippen LogP contribution < -0.4 is 0 Å². The summed E-state index contributed by atoms with van der Waals surface area (Å²) in [6, 6.07) is 10.1. The van der Waals surface area contributed by atoms with Crippen molar-refractivity contribution in [2.45, 2.75) is 20.3 Å². The number of aliphatic hydroxyl groups excluding tert-OH is 1. The van der Waals surface area contributed by atoms with Gasteiger partial charge in [-0.2, -0.15) is 5.26 Å². The molecule has 1 aromatic rings. The average Bonchev–Trinajstić information content (AvgIpc) is 2.18. The smallest absolute Gasteiger partial charge is 0.130 e. The van der Waals surface area contributed by atoms with Gasteiger partial charge in [0.25, 0.3) is 0 Å². The molecule has 0 fully saturated rings. The van der Waals surface area contributed by atoms with Gasteiger partial charge < -0.3 is 5.11 Å². The predicted octanol–water partition coefficient (Wildman–Crippen LogP) is 2.06. The number of nitriles is 1. The van der Waals surface area contributed by atoms with Gasteiger partial charge in [-0.25, -0.2) is 0 Å². The second-order valence-electron chi connectivity index (χ2n) is 2.66. The molecule has 0 aliphatic heterocycles. The van der Waals surface area contributed by atoms with E-state index in [0.717, 1.165) is 6.42 Å². The first-order valence-corrected chi connectivity index (χ1v) is 4.28. The quantitative estimate of drug-likeness (QED) is 0.667. The van der Waals surface area contributed by atoms with Crippen LogP contribution in [0.15, 0.2) is 24.3 Å². The van der Waals surface area contributed by atoms with Crippen molar-refractivity contribution in [1.82, 2.24) is 0 Å². The van der Waals surface area contributed by atoms with Gasteiger partial charge in [0, 0.05) is 0 Å². The van der Waals surface area contributed by atoms with E-state index >= 15 is 0 Å². The first-order valence-electron chi connectivity index (χ1n) is 4.28. The van der Waals surface area contributed by atoms with Crippen LogP contribution in [-0.4, -0.2) is 11.7 Å². The Kier molecular flexibility index (Phi) is 6.58.